The maximum absolute atomic E-state index is 12.5. The lowest BCUT2D eigenvalue weighted by Crippen LogP contribution is -2.18. The monoisotopic (exact) mass is 463 g/mol. The highest BCUT2D eigenvalue weighted by Crippen LogP contribution is 2.28. The van der Waals surface area contributed by atoms with Gasteiger partial charge in [0, 0.05) is 17.9 Å². The van der Waals surface area contributed by atoms with Gasteiger partial charge < -0.3 is 14.8 Å². The molecule has 1 aromatic heterocycles. The van der Waals surface area contributed by atoms with Crippen molar-refractivity contribution in [1.82, 2.24) is 14.8 Å². The first kappa shape index (κ1) is 22.8. The molecule has 0 saturated carbocycles. The average molecular weight is 464 g/mol. The Hall–Kier alpha value is -3.35. The molecule has 9 heteroatoms. The summed E-state index contributed by atoms with van der Waals surface area (Å²) >= 11 is 1.35. The molecule has 170 valence electrons. The van der Waals surface area contributed by atoms with Crippen LogP contribution in [0.5, 0.6) is 5.75 Å². The Bertz CT molecular complexity index is 1120. The van der Waals surface area contributed by atoms with E-state index in [1.807, 2.05) is 41.0 Å². The predicted molar refractivity (Wildman–Crippen MR) is 126 cm³/mol. The molecule has 1 amide bonds. The number of carbonyl (C=O) groups excluding carboxylic acids is 1. The summed E-state index contributed by atoms with van der Waals surface area (Å²) in [5.41, 5.74) is 2.54. The van der Waals surface area contributed by atoms with Crippen LogP contribution in [0.3, 0.4) is 0 Å². The largest absolute Gasteiger partial charge is 0.497 e. The maximum atomic E-state index is 12.5. The summed E-state index contributed by atoms with van der Waals surface area (Å²) in [5.74, 6) is 1.58. The topological polar surface area (TPSA) is 102 Å². The van der Waals surface area contributed by atoms with Crippen LogP contribution in [0.25, 0.3) is 11.4 Å². The van der Waals surface area contributed by atoms with Crippen molar-refractivity contribution in [2.75, 3.05) is 24.8 Å². The third-order valence-electron chi connectivity index (χ3n) is 5.33. The second kappa shape index (κ2) is 11.0. The lowest BCUT2D eigenvalue weighted by atomic mass is 10.1. The fourth-order valence-electron chi connectivity index (χ4n) is 3.63. The van der Waals surface area contributed by atoms with Gasteiger partial charge in [-0.15, -0.1) is 10.2 Å². The van der Waals surface area contributed by atoms with Gasteiger partial charge in [0.2, 0.25) is 5.91 Å². The number of hydrogen-bond acceptors (Lipinski definition) is 7. The van der Waals surface area contributed by atoms with Crippen molar-refractivity contribution in [2.45, 2.75) is 37.1 Å². The van der Waals surface area contributed by atoms with Gasteiger partial charge >= 0.3 is 0 Å². The Morgan fingerprint density at radius 2 is 2.03 bits per heavy atom. The van der Waals surface area contributed by atoms with Crippen molar-refractivity contribution in [3.05, 3.63) is 54.1 Å². The van der Waals surface area contributed by atoms with E-state index in [0.717, 1.165) is 42.1 Å². The van der Waals surface area contributed by atoms with E-state index in [2.05, 4.69) is 21.6 Å². The van der Waals surface area contributed by atoms with Crippen LogP contribution in [-0.4, -0.2) is 46.2 Å². The molecule has 1 aliphatic rings. The molecule has 4 rings (SSSR count). The van der Waals surface area contributed by atoms with Crippen LogP contribution in [0.15, 0.2) is 53.7 Å². The van der Waals surface area contributed by atoms with Crippen molar-refractivity contribution in [2.24, 2.45) is 0 Å². The molecule has 1 fully saturated rings. The van der Waals surface area contributed by atoms with Crippen LogP contribution in [0, 0.1) is 11.3 Å². The first-order chi connectivity index (χ1) is 16.2. The highest BCUT2D eigenvalue weighted by atomic mass is 32.2. The molecule has 1 saturated heterocycles. The van der Waals surface area contributed by atoms with E-state index in [1.54, 1.807) is 19.2 Å². The Labute approximate surface area is 196 Å². The van der Waals surface area contributed by atoms with Gasteiger partial charge in [-0.3, -0.25) is 9.36 Å². The minimum Gasteiger partial charge on any atom is -0.497 e. The number of benzene rings is 2. The molecule has 2 heterocycles. The molecule has 1 atom stereocenters. The maximum Gasteiger partial charge on any atom is 0.234 e. The van der Waals surface area contributed by atoms with Crippen LogP contribution < -0.4 is 10.1 Å². The number of hydrogen-bond donors (Lipinski definition) is 1. The zero-order chi connectivity index (χ0) is 23.0. The SMILES string of the molecule is COc1ccc(-c2nnc(SCC(=O)Nc3ccc(CC#N)cc3)n2CC2CCCO2)cc1. The summed E-state index contributed by atoms with van der Waals surface area (Å²) in [6.07, 6.45) is 2.49. The summed E-state index contributed by atoms with van der Waals surface area (Å²) in [6.45, 7) is 1.40. The molecule has 0 radical (unpaired) electrons. The molecule has 0 bridgehead atoms. The van der Waals surface area contributed by atoms with Gasteiger partial charge in [0.25, 0.3) is 0 Å². The van der Waals surface area contributed by atoms with Gasteiger partial charge in [0.15, 0.2) is 11.0 Å². The number of nitrogens with zero attached hydrogens (tertiary/aromatic N) is 4. The number of thioether (sulfide) groups is 1. The molecule has 3 aromatic rings. The fourth-order valence-corrected chi connectivity index (χ4v) is 4.38. The normalized spacial score (nSPS) is 15.2. The smallest absolute Gasteiger partial charge is 0.234 e. The third-order valence-corrected chi connectivity index (χ3v) is 6.30. The quantitative estimate of drug-likeness (QED) is 0.480. The molecule has 33 heavy (non-hydrogen) atoms. The van der Waals surface area contributed by atoms with Crippen LogP contribution in [0.2, 0.25) is 0 Å². The lowest BCUT2D eigenvalue weighted by molar-refractivity contribution is -0.113. The van der Waals surface area contributed by atoms with Crippen molar-refractivity contribution in [3.8, 4) is 23.2 Å². The highest BCUT2D eigenvalue weighted by molar-refractivity contribution is 7.99. The lowest BCUT2D eigenvalue weighted by Gasteiger charge is -2.15. The van der Waals surface area contributed by atoms with Gasteiger partial charge in [-0.1, -0.05) is 23.9 Å². The van der Waals surface area contributed by atoms with Crippen LogP contribution >= 0.6 is 11.8 Å². The Kier molecular flexibility index (Phi) is 7.60. The van der Waals surface area contributed by atoms with Crippen LogP contribution in [-0.2, 0) is 22.5 Å². The zero-order valence-corrected chi connectivity index (χ0v) is 19.2. The molecular weight excluding hydrogens is 438 g/mol. The molecule has 2 aromatic carbocycles. The Morgan fingerprint density at radius 1 is 1.24 bits per heavy atom. The van der Waals surface area contributed by atoms with Crippen molar-refractivity contribution in [3.63, 3.8) is 0 Å². The van der Waals surface area contributed by atoms with Gasteiger partial charge in [-0.05, 0) is 54.8 Å². The minimum atomic E-state index is -0.134. The number of carbonyl (C=O) groups is 1. The summed E-state index contributed by atoms with van der Waals surface area (Å²) in [4.78, 5) is 12.5. The van der Waals surface area contributed by atoms with Gasteiger partial charge in [0.1, 0.15) is 5.75 Å². The minimum absolute atomic E-state index is 0.109. The zero-order valence-electron chi connectivity index (χ0n) is 18.4. The molecule has 0 spiro atoms. The number of rotatable bonds is 9. The number of ether oxygens (including phenoxy) is 2. The van der Waals surface area contributed by atoms with E-state index in [9.17, 15) is 4.79 Å². The Morgan fingerprint density at radius 3 is 2.70 bits per heavy atom. The number of methoxy groups -OCH3 is 1. The van der Waals surface area contributed by atoms with Crippen molar-refractivity contribution >= 4 is 23.4 Å². The second-order valence-electron chi connectivity index (χ2n) is 7.65. The summed E-state index contributed by atoms with van der Waals surface area (Å²) in [7, 11) is 1.63. The molecule has 8 nitrogen and oxygen atoms in total. The summed E-state index contributed by atoms with van der Waals surface area (Å²) in [6, 6.07) is 17.1. The standard InChI is InChI=1S/C24H25N5O3S/c1-31-20-10-6-18(7-11-20)23-27-28-24(29(23)15-21-3-2-14-32-21)33-16-22(30)26-19-8-4-17(5-9-19)12-13-25/h4-11,21H,2-3,12,14-16H2,1H3,(H,26,30). The number of nitriles is 1. The second-order valence-corrected chi connectivity index (χ2v) is 8.59. The van der Waals surface area contributed by atoms with Crippen LogP contribution in [0.1, 0.15) is 18.4 Å². The van der Waals surface area contributed by atoms with E-state index in [-0.39, 0.29) is 17.8 Å². The fraction of sp³-hybridized carbons (Fsp3) is 0.333. The van der Waals surface area contributed by atoms with Crippen LogP contribution in [0.4, 0.5) is 5.69 Å². The van der Waals surface area contributed by atoms with E-state index in [1.165, 1.54) is 11.8 Å². The van der Waals surface area contributed by atoms with Gasteiger partial charge in [-0.25, -0.2) is 0 Å². The van der Waals surface area contributed by atoms with Gasteiger partial charge in [0.05, 0.1) is 38.0 Å². The molecule has 0 aliphatic carbocycles. The van der Waals surface area contributed by atoms with E-state index in [0.29, 0.717) is 23.8 Å². The number of amides is 1. The summed E-state index contributed by atoms with van der Waals surface area (Å²) in [5, 5.41) is 21.1. The molecule has 1 N–H and O–H groups in total. The number of aromatic nitrogens is 3. The van der Waals surface area contributed by atoms with E-state index < -0.39 is 0 Å². The highest BCUT2D eigenvalue weighted by Gasteiger charge is 2.22. The third kappa shape index (κ3) is 5.92. The predicted octanol–water partition coefficient (Wildman–Crippen LogP) is 3.93. The molecule has 1 aliphatic heterocycles. The van der Waals surface area contributed by atoms with E-state index in [4.69, 9.17) is 14.7 Å². The van der Waals surface area contributed by atoms with Crippen molar-refractivity contribution < 1.29 is 14.3 Å². The van der Waals surface area contributed by atoms with E-state index >= 15 is 0 Å². The molecule has 1 unspecified atom stereocenters. The first-order valence-electron chi connectivity index (χ1n) is 10.7. The van der Waals surface area contributed by atoms with Gasteiger partial charge in [-0.2, -0.15) is 5.26 Å². The first-order valence-corrected chi connectivity index (χ1v) is 11.7. The summed E-state index contributed by atoms with van der Waals surface area (Å²) < 4.78 is 13.1. The number of nitrogens with one attached hydrogen (secondary N) is 1. The Balaban J connectivity index is 1.46. The van der Waals surface area contributed by atoms with Crippen molar-refractivity contribution in [1.29, 1.82) is 5.26 Å². The number of anilines is 1. The average Bonchev–Trinajstić information content (AvgIpc) is 3.50. The molecular formula is C24H25N5O3S.